The second-order valence-corrected chi connectivity index (χ2v) is 21.0. The Labute approximate surface area is 396 Å². The highest BCUT2D eigenvalue weighted by molar-refractivity contribution is 7.12. The van der Waals surface area contributed by atoms with Crippen LogP contribution < -0.4 is 10.6 Å². The summed E-state index contributed by atoms with van der Waals surface area (Å²) in [6.07, 6.45) is 8.14. The van der Waals surface area contributed by atoms with Crippen molar-refractivity contribution < 1.29 is 33.0 Å². The van der Waals surface area contributed by atoms with E-state index in [0.29, 0.717) is 36.8 Å². The van der Waals surface area contributed by atoms with Gasteiger partial charge in [0.25, 0.3) is 0 Å². The number of carbonyl (C=O) groups excluding carboxylic acids is 3. The SMILES string of the molecule is CC.COC(=O)N[C@H](C(=O)N1CCC[C@H]1C1=NCC(C2C=C(F)C3=C(C2)OC(c2ccc(C4CC4)s2)n2c3cc3cc(-c4cnc(C5CC[C@@H](C)N5C(=O)OC(C)(C)C)[nH]4)ccc32)N1)C(C)C. The molecule has 7 heterocycles. The van der Waals surface area contributed by atoms with Gasteiger partial charge in [0.15, 0.2) is 0 Å². The molecular formula is C51H65FN8O6S. The van der Waals surface area contributed by atoms with E-state index in [1.165, 1.54) is 24.8 Å². The molecule has 3 aromatic heterocycles. The third-order valence-corrected chi connectivity index (χ3v) is 15.1. The summed E-state index contributed by atoms with van der Waals surface area (Å²) in [6, 6.07) is 11.3. The van der Waals surface area contributed by atoms with Crippen molar-refractivity contribution in [3.8, 4) is 11.3 Å². The zero-order valence-corrected chi connectivity index (χ0v) is 41.0. The molecule has 0 radical (unpaired) electrons. The lowest BCUT2D eigenvalue weighted by molar-refractivity contribution is -0.134. The number of allylic oxidation sites excluding steroid dienone is 3. The number of aromatic amines is 1. The van der Waals surface area contributed by atoms with Crippen molar-refractivity contribution in [2.45, 2.75) is 148 Å². The summed E-state index contributed by atoms with van der Waals surface area (Å²) in [4.78, 5) is 58.5. The van der Waals surface area contributed by atoms with Crippen molar-refractivity contribution in [1.82, 2.24) is 35.0 Å². The fourth-order valence-electron chi connectivity index (χ4n) is 10.4. The predicted octanol–water partition coefficient (Wildman–Crippen LogP) is 10.4. The Hall–Kier alpha value is -5.64. The number of thiophene rings is 1. The Bertz CT molecular complexity index is 2630. The van der Waals surface area contributed by atoms with Gasteiger partial charge in [-0.15, -0.1) is 11.3 Å². The lowest BCUT2D eigenvalue weighted by Gasteiger charge is -2.36. The Balaban J connectivity index is 0.00000278. The largest absolute Gasteiger partial charge is 0.469 e. The normalized spacial score (nSPS) is 25.1. The van der Waals surface area contributed by atoms with E-state index >= 15 is 4.39 Å². The van der Waals surface area contributed by atoms with Crippen LogP contribution in [0.2, 0.25) is 0 Å². The van der Waals surface area contributed by atoms with Crippen molar-refractivity contribution in [3.05, 3.63) is 81.5 Å². The minimum Gasteiger partial charge on any atom is -0.469 e. The minimum absolute atomic E-state index is 0.0252. The molecule has 7 atom stereocenters. The molecule has 4 unspecified atom stereocenters. The van der Waals surface area contributed by atoms with Gasteiger partial charge >= 0.3 is 12.2 Å². The number of carbonyl (C=O) groups is 3. The first-order valence-electron chi connectivity index (χ1n) is 24.2. The highest BCUT2D eigenvalue weighted by Crippen LogP contribution is 2.51. The Kier molecular flexibility index (Phi) is 12.8. The second-order valence-electron chi connectivity index (χ2n) is 19.9. The van der Waals surface area contributed by atoms with Gasteiger partial charge in [-0.25, -0.2) is 19.0 Å². The van der Waals surface area contributed by atoms with E-state index in [1.807, 2.05) is 66.5 Å². The van der Waals surface area contributed by atoms with Crippen LogP contribution in [-0.4, -0.2) is 98.2 Å². The highest BCUT2D eigenvalue weighted by Gasteiger charge is 2.44. The zero-order chi connectivity index (χ0) is 47.5. The molecule has 0 spiro atoms. The van der Waals surface area contributed by atoms with Crippen molar-refractivity contribution in [3.63, 3.8) is 0 Å². The molecule has 3 amide bonds. The lowest BCUT2D eigenvalue weighted by atomic mass is 9.86. The number of methoxy groups -OCH3 is 1. The summed E-state index contributed by atoms with van der Waals surface area (Å²) in [5, 5.41) is 7.27. The molecule has 4 aliphatic heterocycles. The molecule has 2 aliphatic carbocycles. The maximum absolute atomic E-state index is 16.9. The van der Waals surface area contributed by atoms with Crippen molar-refractivity contribution >= 4 is 51.7 Å². The number of aromatic nitrogens is 3. The second kappa shape index (κ2) is 18.5. The molecule has 3 fully saturated rings. The van der Waals surface area contributed by atoms with E-state index in [4.69, 9.17) is 24.2 Å². The Morgan fingerprint density at radius 1 is 1.01 bits per heavy atom. The van der Waals surface area contributed by atoms with Crippen LogP contribution in [0, 0.1) is 11.8 Å². The number of nitrogens with zero attached hydrogens (tertiary/aromatic N) is 5. The lowest BCUT2D eigenvalue weighted by Crippen LogP contribution is -2.55. The number of alkyl carbamates (subject to hydrolysis) is 1. The summed E-state index contributed by atoms with van der Waals surface area (Å²) in [5.74, 6) is 1.77. The van der Waals surface area contributed by atoms with Crippen LogP contribution in [-0.2, 0) is 19.0 Å². The molecule has 10 rings (SSSR count). The molecule has 358 valence electrons. The van der Waals surface area contributed by atoms with Crippen LogP contribution in [0.4, 0.5) is 14.0 Å². The smallest absolute Gasteiger partial charge is 0.411 e. The van der Waals surface area contributed by atoms with E-state index in [0.717, 1.165) is 70.1 Å². The minimum atomic E-state index is -0.730. The van der Waals surface area contributed by atoms with Gasteiger partial charge in [0.05, 0.1) is 65.3 Å². The molecule has 2 saturated heterocycles. The van der Waals surface area contributed by atoms with Crippen LogP contribution in [0.25, 0.3) is 27.7 Å². The molecule has 1 saturated carbocycles. The monoisotopic (exact) mass is 936 g/mol. The quantitative estimate of drug-likeness (QED) is 0.150. The number of ether oxygens (including phenoxy) is 3. The number of rotatable bonds is 9. The predicted molar refractivity (Wildman–Crippen MR) is 258 cm³/mol. The topological polar surface area (TPSA) is 155 Å². The van der Waals surface area contributed by atoms with E-state index < -0.39 is 24.0 Å². The first-order chi connectivity index (χ1) is 32.1. The molecule has 3 N–H and O–H groups in total. The number of nitrogens with one attached hydrogen (secondary N) is 3. The van der Waals surface area contributed by atoms with Gasteiger partial charge < -0.3 is 34.7 Å². The average molecular weight is 937 g/mol. The molecule has 1 aromatic carbocycles. The van der Waals surface area contributed by atoms with Crippen molar-refractivity contribution in [2.24, 2.45) is 16.8 Å². The van der Waals surface area contributed by atoms with E-state index in [9.17, 15) is 14.4 Å². The number of hydrogen-bond acceptors (Lipinski definition) is 10. The van der Waals surface area contributed by atoms with E-state index in [-0.39, 0.29) is 53.8 Å². The number of H-pyrrole nitrogens is 1. The van der Waals surface area contributed by atoms with Gasteiger partial charge in [-0.05, 0) is 114 Å². The first-order valence-corrected chi connectivity index (χ1v) is 25.0. The van der Waals surface area contributed by atoms with Crippen LogP contribution in [0.15, 0.2) is 65.2 Å². The highest BCUT2D eigenvalue weighted by atomic mass is 32.1. The molecule has 14 nitrogen and oxygen atoms in total. The molecular weight excluding hydrogens is 872 g/mol. The number of likely N-dealkylation sites (tertiary alicyclic amines) is 2. The van der Waals surface area contributed by atoms with Gasteiger partial charge in [-0.2, -0.15) is 0 Å². The summed E-state index contributed by atoms with van der Waals surface area (Å²) < 4.78 is 36.7. The maximum Gasteiger partial charge on any atom is 0.411 e. The van der Waals surface area contributed by atoms with Crippen LogP contribution in [0.1, 0.15) is 140 Å². The van der Waals surface area contributed by atoms with Gasteiger partial charge in [0, 0.05) is 40.8 Å². The molecule has 4 aromatic rings. The first kappa shape index (κ1) is 46.5. The zero-order valence-electron chi connectivity index (χ0n) is 40.2. The van der Waals surface area contributed by atoms with Crippen molar-refractivity contribution in [1.29, 1.82) is 0 Å². The fourth-order valence-corrected chi connectivity index (χ4v) is 11.6. The maximum atomic E-state index is 16.9. The number of benzene rings is 1. The third-order valence-electron chi connectivity index (χ3n) is 13.8. The Morgan fingerprint density at radius 3 is 2.52 bits per heavy atom. The average Bonchev–Trinajstić information content (AvgIpc) is 3.99. The Morgan fingerprint density at radius 2 is 1.79 bits per heavy atom. The van der Waals surface area contributed by atoms with Gasteiger partial charge in [0.2, 0.25) is 12.1 Å². The van der Waals surface area contributed by atoms with E-state index in [1.54, 1.807) is 22.3 Å². The van der Waals surface area contributed by atoms with Gasteiger partial charge in [0.1, 0.15) is 34.9 Å². The third kappa shape index (κ3) is 8.97. The van der Waals surface area contributed by atoms with Crippen LogP contribution in [0.3, 0.4) is 0 Å². The standard InChI is InChI=1S/C49H59FN8O6S.C2H6/c1-25(2)42(55-47(60)62-7)45(59)56-18-8-9-35(56)43-51-24-33(54-43)29-20-31(50)41-37-21-30-19-28(32-23-52-44(53-32)36-14-10-26(3)57(36)48(61)64-49(4,5)6)13-15-34(30)58(37)46(63-38(41)22-29)40-17-16-39(65-40)27-11-12-27;1-2/h13,15-17,19-21,23,25-27,29,33,35-36,42,46H,8-12,14,18,22,24H2,1-7H3,(H,51,54)(H,52,53)(H,55,60);1-2H3/t26-,29?,33?,35+,36?,42+,46?;/m1./s1. The van der Waals surface area contributed by atoms with Gasteiger partial charge in [-0.1, -0.05) is 33.8 Å². The van der Waals surface area contributed by atoms with Gasteiger partial charge in [-0.3, -0.25) is 19.3 Å². The molecule has 6 aliphatic rings. The van der Waals surface area contributed by atoms with E-state index in [2.05, 4.69) is 56.6 Å². The summed E-state index contributed by atoms with van der Waals surface area (Å²) in [7, 11) is 1.29. The van der Waals surface area contributed by atoms with Crippen LogP contribution >= 0.6 is 11.3 Å². The molecule has 0 bridgehead atoms. The number of amides is 3. The number of fused-ring (bicyclic) bond motifs is 4. The fraction of sp³-hybridized carbons (Fsp3) is 0.549. The number of hydrogen-bond donors (Lipinski definition) is 3. The number of aliphatic imine (C=N–C) groups is 1. The molecule has 16 heteroatoms. The summed E-state index contributed by atoms with van der Waals surface area (Å²) >= 11 is 1.78. The summed E-state index contributed by atoms with van der Waals surface area (Å²) in [5.41, 5.74) is 3.33. The summed E-state index contributed by atoms with van der Waals surface area (Å²) in [6.45, 7) is 16.5. The number of amidine groups is 1. The van der Waals surface area contributed by atoms with Crippen molar-refractivity contribution in [2.75, 3.05) is 20.2 Å². The van der Waals surface area contributed by atoms with Crippen LogP contribution in [0.5, 0.6) is 0 Å². The molecule has 67 heavy (non-hydrogen) atoms. The number of imidazole rings is 1. The number of halogens is 1.